The van der Waals surface area contributed by atoms with E-state index in [1.807, 2.05) is 25.1 Å². The van der Waals surface area contributed by atoms with E-state index in [1.54, 1.807) is 4.68 Å². The average Bonchev–Trinajstić information content (AvgIpc) is 3.09. The Morgan fingerprint density at radius 1 is 1.24 bits per heavy atom. The summed E-state index contributed by atoms with van der Waals surface area (Å²) in [4.78, 5) is 0. The van der Waals surface area contributed by atoms with Crippen molar-refractivity contribution >= 4 is 34.8 Å². The Bertz CT molecular complexity index is 658. The number of halogens is 3. The maximum atomic E-state index is 6.51. The monoisotopic (exact) mass is 342 g/mol. The zero-order valence-electron chi connectivity index (χ0n) is 11.9. The molecule has 3 rings (SSSR count). The van der Waals surface area contributed by atoms with Gasteiger partial charge < -0.3 is 0 Å². The molecule has 0 unspecified atom stereocenters. The second-order valence-electron chi connectivity index (χ2n) is 5.61. The summed E-state index contributed by atoms with van der Waals surface area (Å²) >= 11 is 18.8. The van der Waals surface area contributed by atoms with Gasteiger partial charge in [0.15, 0.2) is 0 Å². The quantitative estimate of drug-likeness (QED) is 0.636. The van der Waals surface area contributed by atoms with Crippen LogP contribution >= 0.6 is 34.8 Å². The first kappa shape index (κ1) is 15.2. The number of aromatic nitrogens is 2. The number of hydrogen-bond acceptors (Lipinski definition) is 1. The fourth-order valence-corrected chi connectivity index (χ4v) is 3.79. The third kappa shape index (κ3) is 2.81. The zero-order valence-corrected chi connectivity index (χ0v) is 14.1. The molecule has 1 heterocycles. The van der Waals surface area contributed by atoms with Gasteiger partial charge in [0.1, 0.15) is 5.15 Å². The van der Waals surface area contributed by atoms with E-state index in [0.717, 1.165) is 22.5 Å². The fraction of sp³-hybridized carbons (Fsp3) is 0.438. The lowest BCUT2D eigenvalue weighted by Crippen LogP contribution is -2.00. The lowest BCUT2D eigenvalue weighted by molar-refractivity contribution is 0.675. The minimum Gasteiger partial charge on any atom is -0.222 e. The van der Waals surface area contributed by atoms with E-state index < -0.39 is 0 Å². The number of rotatable bonds is 3. The van der Waals surface area contributed by atoms with E-state index in [2.05, 4.69) is 0 Å². The van der Waals surface area contributed by atoms with Crippen molar-refractivity contribution in [3.63, 3.8) is 0 Å². The Morgan fingerprint density at radius 3 is 2.57 bits per heavy atom. The molecule has 1 aromatic heterocycles. The first-order valence-corrected chi connectivity index (χ1v) is 8.50. The first-order chi connectivity index (χ1) is 10.1. The van der Waals surface area contributed by atoms with E-state index in [9.17, 15) is 0 Å². The van der Waals surface area contributed by atoms with Crippen molar-refractivity contribution in [2.75, 3.05) is 0 Å². The molecule has 0 spiro atoms. The van der Waals surface area contributed by atoms with Crippen molar-refractivity contribution in [2.24, 2.45) is 0 Å². The van der Waals surface area contributed by atoms with E-state index in [1.165, 1.54) is 25.7 Å². The molecule has 1 saturated carbocycles. The Hall–Kier alpha value is -0.700. The van der Waals surface area contributed by atoms with Gasteiger partial charge in [0.05, 0.1) is 17.3 Å². The van der Waals surface area contributed by atoms with Crippen LogP contribution in [-0.2, 0) is 5.88 Å². The smallest absolute Gasteiger partial charge is 0.137 e. The Balaban J connectivity index is 2.08. The van der Waals surface area contributed by atoms with Gasteiger partial charge in [-0.25, -0.2) is 4.68 Å². The zero-order chi connectivity index (χ0) is 15.0. The molecular weight excluding hydrogens is 327 g/mol. The molecule has 112 valence electrons. The largest absolute Gasteiger partial charge is 0.222 e. The minimum absolute atomic E-state index is 0.393. The molecule has 21 heavy (non-hydrogen) atoms. The molecule has 0 bridgehead atoms. The number of alkyl halides is 1. The minimum atomic E-state index is 0.393. The van der Waals surface area contributed by atoms with Gasteiger partial charge in [0.2, 0.25) is 0 Å². The predicted octanol–water partition coefficient (Wildman–Crippen LogP) is 5.88. The van der Waals surface area contributed by atoms with Crippen molar-refractivity contribution in [1.82, 2.24) is 9.78 Å². The highest BCUT2D eigenvalue weighted by Crippen LogP contribution is 2.38. The summed E-state index contributed by atoms with van der Waals surface area (Å²) in [5.41, 5.74) is 3.94. The van der Waals surface area contributed by atoms with Gasteiger partial charge in [-0.3, -0.25) is 0 Å². The molecule has 1 aliphatic rings. The maximum absolute atomic E-state index is 6.51. The van der Waals surface area contributed by atoms with E-state index in [-0.39, 0.29) is 0 Å². The van der Waals surface area contributed by atoms with Crippen LogP contribution in [0.4, 0.5) is 0 Å². The van der Waals surface area contributed by atoms with Crippen LogP contribution in [0, 0.1) is 6.92 Å². The summed E-state index contributed by atoms with van der Waals surface area (Å²) < 4.78 is 1.76. The lowest BCUT2D eigenvalue weighted by atomic mass is 10.0. The second-order valence-corrected chi connectivity index (χ2v) is 6.65. The predicted molar refractivity (Wildman–Crippen MR) is 89.1 cm³/mol. The molecule has 1 fully saturated rings. The summed E-state index contributed by atoms with van der Waals surface area (Å²) in [6.07, 6.45) is 4.86. The molecule has 0 radical (unpaired) electrons. The topological polar surface area (TPSA) is 17.8 Å². The third-order valence-corrected chi connectivity index (χ3v) is 5.29. The van der Waals surface area contributed by atoms with Crippen molar-refractivity contribution in [3.05, 3.63) is 45.2 Å². The van der Waals surface area contributed by atoms with Crippen LogP contribution in [-0.4, -0.2) is 9.78 Å². The Kier molecular flexibility index (Phi) is 4.49. The molecule has 0 atom stereocenters. The highest BCUT2D eigenvalue weighted by Gasteiger charge is 2.26. The summed E-state index contributed by atoms with van der Waals surface area (Å²) in [5, 5.41) is 6.07. The van der Waals surface area contributed by atoms with Gasteiger partial charge >= 0.3 is 0 Å². The average molecular weight is 344 g/mol. The molecule has 5 heteroatoms. The van der Waals surface area contributed by atoms with E-state index >= 15 is 0 Å². The van der Waals surface area contributed by atoms with E-state index in [0.29, 0.717) is 22.0 Å². The normalized spacial score (nSPS) is 15.8. The fourth-order valence-electron chi connectivity index (χ4n) is 2.98. The molecule has 0 N–H and O–H groups in total. The van der Waals surface area contributed by atoms with Gasteiger partial charge in [-0.05, 0) is 37.5 Å². The highest BCUT2D eigenvalue weighted by atomic mass is 35.5. The lowest BCUT2D eigenvalue weighted by Gasteiger charge is -2.07. The SMILES string of the molecule is Cc1ccc(-n2nc(C3CCCC3)c(CCl)c2Cl)cc1Cl. The number of aryl methyl sites for hydroxylation is 1. The molecule has 2 aromatic rings. The van der Waals surface area contributed by atoms with Gasteiger partial charge in [-0.15, -0.1) is 11.6 Å². The van der Waals surface area contributed by atoms with Crippen LogP contribution in [0.25, 0.3) is 5.69 Å². The Morgan fingerprint density at radius 2 is 1.95 bits per heavy atom. The van der Waals surface area contributed by atoms with Crippen LogP contribution in [0.2, 0.25) is 10.2 Å². The van der Waals surface area contributed by atoms with Crippen molar-refractivity contribution < 1.29 is 0 Å². The molecule has 1 aliphatic carbocycles. The molecular formula is C16H17Cl3N2. The molecule has 0 amide bonds. The first-order valence-electron chi connectivity index (χ1n) is 7.21. The number of nitrogens with zero attached hydrogens (tertiary/aromatic N) is 2. The summed E-state index contributed by atoms with van der Waals surface area (Å²) in [5.74, 6) is 0.878. The standard InChI is InChI=1S/C16H17Cl3N2/c1-10-6-7-12(8-14(10)18)21-16(19)13(9-17)15(20-21)11-4-2-3-5-11/h6-8,11H,2-5,9H2,1H3. The van der Waals surface area contributed by atoms with Gasteiger partial charge in [-0.2, -0.15) is 5.10 Å². The second kappa shape index (κ2) is 6.20. The number of benzene rings is 1. The molecule has 0 aliphatic heterocycles. The van der Waals surface area contributed by atoms with Crippen molar-refractivity contribution in [3.8, 4) is 5.69 Å². The summed E-state index contributed by atoms with van der Waals surface area (Å²) in [6, 6.07) is 5.86. The van der Waals surface area contributed by atoms with Crippen LogP contribution < -0.4 is 0 Å². The van der Waals surface area contributed by atoms with Crippen LogP contribution in [0.3, 0.4) is 0 Å². The summed E-state index contributed by atoms with van der Waals surface area (Å²) in [7, 11) is 0. The van der Waals surface area contributed by atoms with Gasteiger partial charge in [-0.1, -0.05) is 42.1 Å². The van der Waals surface area contributed by atoms with Crippen LogP contribution in [0.15, 0.2) is 18.2 Å². The van der Waals surface area contributed by atoms with E-state index in [4.69, 9.17) is 39.9 Å². The van der Waals surface area contributed by atoms with Crippen LogP contribution in [0.1, 0.15) is 48.4 Å². The Labute approximate surface area is 140 Å². The van der Waals surface area contributed by atoms with Crippen LogP contribution in [0.5, 0.6) is 0 Å². The van der Waals surface area contributed by atoms with Gasteiger partial charge in [0, 0.05) is 16.5 Å². The number of hydrogen-bond donors (Lipinski definition) is 0. The summed E-state index contributed by atoms with van der Waals surface area (Å²) in [6.45, 7) is 1.98. The maximum Gasteiger partial charge on any atom is 0.137 e. The van der Waals surface area contributed by atoms with Gasteiger partial charge in [0.25, 0.3) is 0 Å². The molecule has 2 nitrogen and oxygen atoms in total. The highest BCUT2D eigenvalue weighted by molar-refractivity contribution is 6.32. The molecule has 1 aromatic carbocycles. The molecule has 0 saturated heterocycles. The van der Waals surface area contributed by atoms with Crippen molar-refractivity contribution in [2.45, 2.75) is 44.4 Å². The third-order valence-electron chi connectivity index (χ3n) is 4.23. The van der Waals surface area contributed by atoms with Crippen molar-refractivity contribution in [1.29, 1.82) is 0 Å².